The number of nitrogens with one attached hydrogen (secondary N) is 1. The van der Waals surface area contributed by atoms with Crippen molar-refractivity contribution in [2.75, 3.05) is 6.61 Å². The molecular formula is C16H16N2O2. The van der Waals surface area contributed by atoms with Crippen LogP contribution < -0.4 is 0 Å². The monoisotopic (exact) mass is 268 g/mol. The van der Waals surface area contributed by atoms with Gasteiger partial charge in [-0.15, -0.1) is 0 Å². The van der Waals surface area contributed by atoms with E-state index in [2.05, 4.69) is 9.97 Å². The Morgan fingerprint density at radius 1 is 1.30 bits per heavy atom. The zero-order chi connectivity index (χ0) is 14.1. The van der Waals surface area contributed by atoms with Gasteiger partial charge in [-0.2, -0.15) is 0 Å². The van der Waals surface area contributed by atoms with E-state index in [0.29, 0.717) is 12.3 Å². The molecule has 0 spiro atoms. The number of nitrogens with zero attached hydrogens (tertiary/aromatic N) is 1. The summed E-state index contributed by atoms with van der Waals surface area (Å²) in [5.41, 5.74) is 3.19. The van der Waals surface area contributed by atoms with Crippen molar-refractivity contribution in [3.63, 3.8) is 0 Å². The number of fused-ring (bicyclic) bond motifs is 3. The molecule has 4 nitrogen and oxygen atoms in total. The molecule has 0 saturated heterocycles. The maximum Gasteiger partial charge on any atom is 0.356 e. The van der Waals surface area contributed by atoms with Crippen molar-refractivity contribution in [2.45, 2.75) is 20.3 Å². The minimum Gasteiger partial charge on any atom is -0.461 e. The lowest BCUT2D eigenvalue weighted by Gasteiger charge is -2.04. The molecule has 0 unspecified atom stereocenters. The lowest BCUT2D eigenvalue weighted by atomic mass is 10.1. The van der Waals surface area contributed by atoms with Crippen LogP contribution in [0.2, 0.25) is 0 Å². The Labute approximate surface area is 116 Å². The van der Waals surface area contributed by atoms with Gasteiger partial charge in [-0.25, -0.2) is 9.78 Å². The molecule has 102 valence electrons. The van der Waals surface area contributed by atoms with Crippen LogP contribution >= 0.6 is 0 Å². The van der Waals surface area contributed by atoms with Crippen LogP contribution in [-0.2, 0) is 4.74 Å². The number of H-pyrrole nitrogens is 1. The standard InChI is InChI=1S/C16H16N2O2/c1-3-8-20-16(19)14-9-12-11-6-4-5-7-13(11)18-15(12)10(2)17-14/h4-7,9,18H,3,8H2,1-2H3. The first-order valence-electron chi connectivity index (χ1n) is 6.76. The van der Waals surface area contributed by atoms with Crippen LogP contribution in [0.4, 0.5) is 0 Å². The molecule has 0 fully saturated rings. The molecule has 0 atom stereocenters. The van der Waals surface area contributed by atoms with Crippen LogP contribution in [0.25, 0.3) is 21.8 Å². The van der Waals surface area contributed by atoms with E-state index in [1.807, 2.05) is 38.1 Å². The summed E-state index contributed by atoms with van der Waals surface area (Å²) in [5, 5.41) is 2.11. The van der Waals surface area contributed by atoms with Gasteiger partial charge in [0.1, 0.15) is 5.69 Å². The molecule has 1 N–H and O–H groups in total. The van der Waals surface area contributed by atoms with Crippen molar-refractivity contribution in [1.82, 2.24) is 9.97 Å². The third kappa shape index (κ3) is 2.03. The molecule has 2 aromatic heterocycles. The Morgan fingerprint density at radius 3 is 2.90 bits per heavy atom. The van der Waals surface area contributed by atoms with E-state index >= 15 is 0 Å². The fourth-order valence-corrected chi connectivity index (χ4v) is 2.38. The molecule has 20 heavy (non-hydrogen) atoms. The van der Waals surface area contributed by atoms with Crippen LogP contribution in [0.15, 0.2) is 30.3 Å². The maximum absolute atomic E-state index is 12.0. The number of esters is 1. The Balaban J connectivity index is 2.17. The summed E-state index contributed by atoms with van der Waals surface area (Å²) >= 11 is 0. The smallest absolute Gasteiger partial charge is 0.356 e. The predicted octanol–water partition coefficient (Wildman–Crippen LogP) is 3.59. The number of aromatic nitrogens is 2. The number of aryl methyl sites for hydroxylation is 1. The van der Waals surface area contributed by atoms with Crippen molar-refractivity contribution in [2.24, 2.45) is 0 Å². The SMILES string of the molecule is CCCOC(=O)c1cc2c([nH]c3ccccc32)c(C)n1. The molecular weight excluding hydrogens is 252 g/mol. The molecule has 3 rings (SSSR count). The van der Waals surface area contributed by atoms with Crippen LogP contribution in [0.1, 0.15) is 29.5 Å². The van der Waals surface area contributed by atoms with Gasteiger partial charge in [0.05, 0.1) is 17.8 Å². The fraction of sp³-hybridized carbons (Fsp3) is 0.250. The van der Waals surface area contributed by atoms with Gasteiger partial charge >= 0.3 is 5.97 Å². The number of carbonyl (C=O) groups excluding carboxylic acids is 1. The number of para-hydroxylation sites is 1. The van der Waals surface area contributed by atoms with Gasteiger partial charge in [-0.3, -0.25) is 0 Å². The summed E-state index contributed by atoms with van der Waals surface area (Å²) in [5.74, 6) is -0.359. The molecule has 0 aliphatic heterocycles. The zero-order valence-electron chi connectivity index (χ0n) is 11.6. The van der Waals surface area contributed by atoms with Gasteiger partial charge in [0, 0.05) is 16.3 Å². The van der Waals surface area contributed by atoms with Crippen molar-refractivity contribution >= 4 is 27.8 Å². The Bertz CT molecular complexity index is 790. The Kier molecular flexibility index (Phi) is 3.14. The Hall–Kier alpha value is -2.36. The van der Waals surface area contributed by atoms with Gasteiger partial charge in [0.15, 0.2) is 0 Å². The molecule has 0 amide bonds. The second-order valence-electron chi connectivity index (χ2n) is 4.82. The highest BCUT2D eigenvalue weighted by atomic mass is 16.5. The second kappa shape index (κ2) is 4.96. The zero-order valence-corrected chi connectivity index (χ0v) is 11.6. The lowest BCUT2D eigenvalue weighted by molar-refractivity contribution is 0.0498. The van der Waals surface area contributed by atoms with E-state index in [1.165, 1.54) is 0 Å². The van der Waals surface area contributed by atoms with Crippen molar-refractivity contribution in [1.29, 1.82) is 0 Å². The van der Waals surface area contributed by atoms with E-state index in [-0.39, 0.29) is 5.97 Å². The largest absolute Gasteiger partial charge is 0.461 e. The van der Waals surface area contributed by atoms with Crippen molar-refractivity contribution in [3.05, 3.63) is 41.7 Å². The maximum atomic E-state index is 12.0. The third-order valence-electron chi connectivity index (χ3n) is 3.32. The molecule has 0 aliphatic rings. The molecule has 0 saturated carbocycles. The topological polar surface area (TPSA) is 55.0 Å². The average molecular weight is 268 g/mol. The highest BCUT2D eigenvalue weighted by Gasteiger charge is 2.14. The minimum atomic E-state index is -0.359. The van der Waals surface area contributed by atoms with E-state index in [1.54, 1.807) is 6.07 Å². The number of hydrogen-bond donors (Lipinski definition) is 1. The number of aromatic amines is 1. The second-order valence-corrected chi connectivity index (χ2v) is 4.82. The first kappa shape index (κ1) is 12.7. The molecule has 0 radical (unpaired) electrons. The number of pyridine rings is 1. The quantitative estimate of drug-likeness (QED) is 0.738. The number of rotatable bonds is 3. The molecule has 3 aromatic rings. The van der Waals surface area contributed by atoms with Gasteiger partial charge in [-0.1, -0.05) is 25.1 Å². The first-order chi connectivity index (χ1) is 9.70. The summed E-state index contributed by atoms with van der Waals surface area (Å²) in [6.45, 7) is 4.29. The Morgan fingerprint density at radius 2 is 2.10 bits per heavy atom. The molecule has 1 aromatic carbocycles. The van der Waals surface area contributed by atoms with Crippen LogP contribution in [-0.4, -0.2) is 22.5 Å². The number of hydrogen-bond acceptors (Lipinski definition) is 3. The summed E-state index contributed by atoms with van der Waals surface area (Å²) in [6.07, 6.45) is 0.806. The summed E-state index contributed by atoms with van der Waals surface area (Å²) in [6, 6.07) is 9.83. The van der Waals surface area contributed by atoms with E-state index in [0.717, 1.165) is 33.9 Å². The highest BCUT2D eigenvalue weighted by molar-refractivity contribution is 6.09. The van der Waals surface area contributed by atoms with Gasteiger partial charge in [0.2, 0.25) is 0 Å². The van der Waals surface area contributed by atoms with Crippen LogP contribution in [0.5, 0.6) is 0 Å². The minimum absolute atomic E-state index is 0.359. The molecule has 2 heterocycles. The van der Waals surface area contributed by atoms with Crippen LogP contribution in [0, 0.1) is 6.92 Å². The number of ether oxygens (including phenoxy) is 1. The fourth-order valence-electron chi connectivity index (χ4n) is 2.38. The van der Waals surface area contributed by atoms with Crippen LogP contribution in [0.3, 0.4) is 0 Å². The van der Waals surface area contributed by atoms with Gasteiger partial charge in [-0.05, 0) is 25.5 Å². The first-order valence-corrected chi connectivity index (χ1v) is 6.76. The highest BCUT2D eigenvalue weighted by Crippen LogP contribution is 2.27. The van der Waals surface area contributed by atoms with E-state index < -0.39 is 0 Å². The summed E-state index contributed by atoms with van der Waals surface area (Å²) < 4.78 is 5.16. The van der Waals surface area contributed by atoms with Crippen molar-refractivity contribution in [3.8, 4) is 0 Å². The average Bonchev–Trinajstić information content (AvgIpc) is 2.84. The number of carbonyl (C=O) groups is 1. The molecule has 0 aliphatic carbocycles. The summed E-state index contributed by atoms with van der Waals surface area (Å²) in [4.78, 5) is 19.6. The molecule has 4 heteroatoms. The van der Waals surface area contributed by atoms with Gasteiger partial charge in [0.25, 0.3) is 0 Å². The summed E-state index contributed by atoms with van der Waals surface area (Å²) in [7, 11) is 0. The molecule has 0 bridgehead atoms. The van der Waals surface area contributed by atoms with E-state index in [4.69, 9.17) is 4.74 Å². The lowest BCUT2D eigenvalue weighted by Crippen LogP contribution is -2.08. The predicted molar refractivity (Wildman–Crippen MR) is 78.9 cm³/mol. The number of benzene rings is 1. The normalized spacial score (nSPS) is 11.1. The van der Waals surface area contributed by atoms with Gasteiger partial charge < -0.3 is 9.72 Å². The van der Waals surface area contributed by atoms with Crippen molar-refractivity contribution < 1.29 is 9.53 Å². The van der Waals surface area contributed by atoms with E-state index in [9.17, 15) is 4.79 Å². The third-order valence-corrected chi connectivity index (χ3v) is 3.32.